The zero-order chi connectivity index (χ0) is 16.7. The second-order valence-electron chi connectivity index (χ2n) is 4.55. The first kappa shape index (κ1) is 23.1. The molecule has 0 fully saturated rings. The average molecular weight is 333 g/mol. The molecule has 126 valence electrons. The predicted octanol–water partition coefficient (Wildman–Crippen LogP) is 3.60. The third-order valence-corrected chi connectivity index (χ3v) is 7.26. The number of hydrogen-bond acceptors (Lipinski definition) is 3. The van der Waals surface area contributed by atoms with Gasteiger partial charge in [-0.1, -0.05) is 38.1 Å². The van der Waals surface area contributed by atoms with Gasteiger partial charge < -0.3 is 13.3 Å². The Morgan fingerprint density at radius 2 is 1.24 bits per heavy atom. The molecule has 0 unspecified atom stereocenters. The van der Waals surface area contributed by atoms with Crippen molar-refractivity contribution in [1.82, 2.24) is 0 Å². The first-order valence-electron chi connectivity index (χ1n) is 8.23. The minimum absolute atomic E-state index is 0.595. The second kappa shape index (κ2) is 14.7. The summed E-state index contributed by atoms with van der Waals surface area (Å²) >= 11 is 0. The van der Waals surface area contributed by atoms with Gasteiger partial charge in [-0.15, -0.1) is 0 Å². The lowest BCUT2D eigenvalue weighted by Crippen LogP contribution is -2.44. The van der Waals surface area contributed by atoms with Gasteiger partial charge in [0.1, 0.15) is 0 Å². The summed E-state index contributed by atoms with van der Waals surface area (Å²) in [5.74, 6) is 0. The molecule has 0 heterocycles. The highest BCUT2D eigenvalue weighted by Crippen LogP contribution is 2.12. The van der Waals surface area contributed by atoms with Crippen LogP contribution in [0.4, 0.5) is 0 Å². The third kappa shape index (κ3) is 10.2. The second-order valence-corrected chi connectivity index (χ2v) is 8.24. The van der Waals surface area contributed by atoms with E-state index in [1.54, 1.807) is 16.5 Å². The molecule has 0 aromatic heterocycles. The van der Waals surface area contributed by atoms with Crippen LogP contribution in [0.15, 0.2) is 23.0 Å². The Morgan fingerprint density at radius 1 is 0.857 bits per heavy atom. The summed E-state index contributed by atoms with van der Waals surface area (Å²) in [4.78, 5) is 0. The van der Waals surface area contributed by atoms with Crippen LogP contribution in [0.5, 0.6) is 0 Å². The van der Waals surface area contributed by atoms with Crippen molar-refractivity contribution in [2.75, 3.05) is 19.8 Å². The molecule has 0 aliphatic rings. The lowest BCUT2D eigenvalue weighted by atomic mass is 10.1. The highest BCUT2D eigenvalue weighted by Gasteiger charge is 2.36. The van der Waals surface area contributed by atoms with Gasteiger partial charge in [0.05, 0.1) is 0 Å². The van der Waals surface area contributed by atoms with E-state index in [0.29, 0.717) is 19.8 Å². The molecule has 21 heavy (non-hydrogen) atoms. The SMILES string of the molecule is C=C[Si](OCC)(OCC)OCC.CCC([SiH3])=C(CC)CC. The quantitative estimate of drug-likeness (QED) is 0.572. The van der Waals surface area contributed by atoms with Gasteiger partial charge >= 0.3 is 8.80 Å². The van der Waals surface area contributed by atoms with E-state index in [1.807, 2.05) is 20.8 Å². The molecule has 0 saturated carbocycles. The molecule has 0 bridgehead atoms. The van der Waals surface area contributed by atoms with Gasteiger partial charge in [0.15, 0.2) is 0 Å². The zero-order valence-electron chi connectivity index (χ0n) is 15.3. The molecule has 0 N–H and O–H groups in total. The Kier molecular flexibility index (Phi) is 16.2. The van der Waals surface area contributed by atoms with Crippen LogP contribution in [0.2, 0.25) is 0 Å². The van der Waals surface area contributed by atoms with Gasteiger partial charge in [-0.2, -0.15) is 0 Å². The van der Waals surface area contributed by atoms with E-state index in [9.17, 15) is 0 Å². The summed E-state index contributed by atoms with van der Waals surface area (Å²) < 4.78 is 16.3. The van der Waals surface area contributed by atoms with Crippen LogP contribution in [-0.4, -0.2) is 38.9 Å². The maximum absolute atomic E-state index is 5.44. The Morgan fingerprint density at radius 3 is 1.38 bits per heavy atom. The maximum Gasteiger partial charge on any atom is 0.528 e. The fourth-order valence-electron chi connectivity index (χ4n) is 2.01. The number of rotatable bonds is 10. The van der Waals surface area contributed by atoms with Crippen molar-refractivity contribution in [1.29, 1.82) is 0 Å². The van der Waals surface area contributed by atoms with Crippen molar-refractivity contribution in [3.63, 3.8) is 0 Å². The van der Waals surface area contributed by atoms with E-state index in [2.05, 4.69) is 27.4 Å². The molecule has 0 saturated heterocycles. The molecule has 0 aromatic rings. The van der Waals surface area contributed by atoms with Crippen molar-refractivity contribution in [3.8, 4) is 0 Å². The minimum atomic E-state index is -2.51. The topological polar surface area (TPSA) is 27.7 Å². The van der Waals surface area contributed by atoms with Crippen LogP contribution >= 0.6 is 0 Å². The Hall–Kier alpha value is -0.206. The van der Waals surface area contributed by atoms with Crippen molar-refractivity contribution in [2.24, 2.45) is 0 Å². The molecule has 3 nitrogen and oxygen atoms in total. The van der Waals surface area contributed by atoms with Crippen LogP contribution in [0.1, 0.15) is 60.8 Å². The van der Waals surface area contributed by atoms with Gasteiger partial charge in [-0.3, -0.25) is 0 Å². The molecule has 5 heteroatoms. The molecule has 0 aliphatic heterocycles. The highest BCUT2D eigenvalue weighted by atomic mass is 28.4. The summed E-state index contributed by atoms with van der Waals surface area (Å²) in [6.45, 7) is 18.0. The van der Waals surface area contributed by atoms with E-state index in [0.717, 1.165) is 0 Å². The monoisotopic (exact) mass is 332 g/mol. The fourth-order valence-corrected chi connectivity index (χ4v) is 4.53. The summed E-state index contributed by atoms with van der Waals surface area (Å²) in [6.07, 6.45) is 3.82. The average Bonchev–Trinajstić information content (AvgIpc) is 2.49. The van der Waals surface area contributed by atoms with E-state index < -0.39 is 8.80 Å². The minimum Gasteiger partial charge on any atom is -0.371 e. The van der Waals surface area contributed by atoms with Gasteiger partial charge in [0.2, 0.25) is 0 Å². The van der Waals surface area contributed by atoms with Crippen LogP contribution in [-0.2, 0) is 13.3 Å². The smallest absolute Gasteiger partial charge is 0.371 e. The number of hydrogen-bond donors (Lipinski definition) is 0. The van der Waals surface area contributed by atoms with E-state index in [-0.39, 0.29) is 0 Å². The summed E-state index contributed by atoms with van der Waals surface area (Å²) in [5, 5.41) is 1.72. The fraction of sp³-hybridized carbons (Fsp3) is 0.750. The van der Waals surface area contributed by atoms with Crippen LogP contribution in [0.25, 0.3) is 0 Å². The normalized spacial score (nSPS) is 10.8. The molecule has 0 aliphatic carbocycles. The molecule has 0 rings (SSSR count). The largest absolute Gasteiger partial charge is 0.528 e. The lowest BCUT2D eigenvalue weighted by molar-refractivity contribution is 0.0844. The van der Waals surface area contributed by atoms with Gasteiger partial charge in [-0.05, 0) is 45.7 Å². The molecule has 0 spiro atoms. The predicted molar refractivity (Wildman–Crippen MR) is 98.7 cm³/mol. The standard InChI is InChI=1S/C8H18O3Si.C8H18Si/c1-5-9-12(8-4,10-6-2)11-7-3;1-4-7(5-2)8(9)6-3/h8H,4-7H2,1-3H3;4-6H2,1-3,9H3. The van der Waals surface area contributed by atoms with Gasteiger partial charge in [0.25, 0.3) is 0 Å². The molecular formula is C16H36O3Si2. The maximum atomic E-state index is 5.44. The van der Waals surface area contributed by atoms with Gasteiger partial charge in [-0.25, -0.2) is 0 Å². The Balaban J connectivity index is 0. The van der Waals surface area contributed by atoms with E-state index in [1.165, 1.54) is 29.5 Å². The van der Waals surface area contributed by atoms with Crippen molar-refractivity contribution in [3.05, 3.63) is 23.0 Å². The van der Waals surface area contributed by atoms with Crippen LogP contribution < -0.4 is 0 Å². The van der Waals surface area contributed by atoms with Crippen molar-refractivity contribution >= 4 is 19.0 Å². The van der Waals surface area contributed by atoms with Crippen molar-refractivity contribution < 1.29 is 13.3 Å². The van der Waals surface area contributed by atoms with Gasteiger partial charge in [0, 0.05) is 30.1 Å². The number of allylic oxidation sites excluding steroid dienone is 2. The highest BCUT2D eigenvalue weighted by molar-refractivity contribution is 6.66. The zero-order valence-corrected chi connectivity index (χ0v) is 18.3. The van der Waals surface area contributed by atoms with E-state index in [4.69, 9.17) is 13.3 Å². The van der Waals surface area contributed by atoms with Crippen LogP contribution in [0.3, 0.4) is 0 Å². The third-order valence-electron chi connectivity index (χ3n) is 3.27. The molecule has 0 radical (unpaired) electrons. The Bertz CT molecular complexity index is 268. The summed E-state index contributed by atoms with van der Waals surface area (Å²) in [5.41, 5.74) is 3.37. The Labute approximate surface area is 136 Å². The van der Waals surface area contributed by atoms with Crippen LogP contribution in [0, 0.1) is 0 Å². The van der Waals surface area contributed by atoms with Crippen molar-refractivity contribution in [2.45, 2.75) is 60.8 Å². The molecular weight excluding hydrogens is 296 g/mol. The molecule has 0 amide bonds. The summed E-state index contributed by atoms with van der Waals surface area (Å²) in [6, 6.07) is 0. The van der Waals surface area contributed by atoms with E-state index >= 15 is 0 Å². The summed E-state index contributed by atoms with van der Waals surface area (Å²) in [7, 11) is -1.23. The molecule has 0 aromatic carbocycles. The lowest BCUT2D eigenvalue weighted by Gasteiger charge is -2.24. The first-order valence-corrected chi connectivity index (χ1v) is 11.0. The molecule has 0 atom stereocenters. The first-order chi connectivity index (χ1) is 10.00.